The topological polar surface area (TPSA) is 59.7 Å². The van der Waals surface area contributed by atoms with E-state index in [1.54, 1.807) is 0 Å². The number of aromatic nitrogens is 3. The molecule has 3 aromatic rings. The van der Waals surface area contributed by atoms with Crippen molar-refractivity contribution in [3.05, 3.63) is 46.6 Å². The summed E-state index contributed by atoms with van der Waals surface area (Å²) in [4.78, 5) is 19.8. The molecule has 0 bridgehead atoms. The zero-order valence-electron chi connectivity index (χ0n) is 17.8. The van der Waals surface area contributed by atoms with Crippen molar-refractivity contribution in [3.63, 3.8) is 0 Å². The molecule has 5 rings (SSSR count). The van der Waals surface area contributed by atoms with E-state index in [1.807, 2.05) is 41.8 Å². The molecule has 7 heteroatoms. The molecule has 1 aromatic carbocycles. The van der Waals surface area contributed by atoms with Gasteiger partial charge in [0.15, 0.2) is 5.65 Å². The Bertz CT molecular complexity index is 1110. The zero-order valence-corrected chi connectivity index (χ0v) is 18.6. The van der Waals surface area contributed by atoms with Gasteiger partial charge in [-0.15, -0.1) is 0 Å². The van der Waals surface area contributed by atoms with Crippen LogP contribution in [0, 0.1) is 5.92 Å². The fourth-order valence-corrected chi connectivity index (χ4v) is 4.96. The molecule has 0 spiro atoms. The molecule has 0 saturated carbocycles. The predicted octanol–water partition coefficient (Wildman–Crippen LogP) is 4.71. The van der Waals surface area contributed by atoms with Crippen molar-refractivity contribution < 1.29 is 9.53 Å². The first-order valence-electron chi connectivity index (χ1n) is 11.2. The van der Waals surface area contributed by atoms with Gasteiger partial charge in [0.05, 0.1) is 18.2 Å². The highest BCUT2D eigenvalue weighted by Gasteiger charge is 2.31. The molecule has 1 aliphatic heterocycles. The van der Waals surface area contributed by atoms with Crippen molar-refractivity contribution in [2.45, 2.75) is 45.4 Å². The number of ether oxygens (including phenoxy) is 1. The van der Waals surface area contributed by atoms with Gasteiger partial charge in [-0.25, -0.2) is 4.98 Å². The van der Waals surface area contributed by atoms with Gasteiger partial charge in [-0.05, 0) is 57.6 Å². The van der Waals surface area contributed by atoms with E-state index >= 15 is 0 Å². The molecule has 2 aromatic heterocycles. The van der Waals surface area contributed by atoms with Gasteiger partial charge < -0.3 is 9.64 Å². The number of aryl methyl sites for hydroxylation is 1. The molecule has 1 saturated heterocycles. The van der Waals surface area contributed by atoms with Gasteiger partial charge in [0.25, 0.3) is 0 Å². The molecule has 31 heavy (non-hydrogen) atoms. The summed E-state index contributed by atoms with van der Waals surface area (Å²) in [5.74, 6) is 0.921. The molecule has 0 amide bonds. The van der Waals surface area contributed by atoms with Crippen molar-refractivity contribution in [1.29, 1.82) is 0 Å². The summed E-state index contributed by atoms with van der Waals surface area (Å²) < 4.78 is 7.31. The lowest BCUT2D eigenvalue weighted by Gasteiger charge is -2.35. The van der Waals surface area contributed by atoms with E-state index in [0.29, 0.717) is 18.2 Å². The minimum Gasteiger partial charge on any atom is -0.466 e. The van der Waals surface area contributed by atoms with E-state index < -0.39 is 0 Å². The molecule has 6 nitrogen and oxygen atoms in total. The SMILES string of the molecule is CCOC(=O)[C@H]1CCCN(c2c3c(nc4cc(-c5ccc(Cl)cc5)nn24)CCCC3)C1. The average Bonchev–Trinajstić information content (AvgIpc) is 3.21. The van der Waals surface area contributed by atoms with Crippen LogP contribution in [0.1, 0.15) is 43.9 Å². The van der Waals surface area contributed by atoms with Crippen LogP contribution in [0.15, 0.2) is 30.3 Å². The maximum absolute atomic E-state index is 12.4. The molecule has 3 heterocycles. The van der Waals surface area contributed by atoms with E-state index in [9.17, 15) is 4.79 Å². The van der Waals surface area contributed by atoms with Gasteiger partial charge in [-0.3, -0.25) is 4.79 Å². The maximum Gasteiger partial charge on any atom is 0.310 e. The zero-order chi connectivity index (χ0) is 21.4. The Kier molecular flexibility index (Phi) is 5.57. The van der Waals surface area contributed by atoms with Gasteiger partial charge in [0.1, 0.15) is 5.82 Å². The Morgan fingerprint density at radius 2 is 2.00 bits per heavy atom. The second-order valence-corrected chi connectivity index (χ2v) is 8.85. The molecule has 0 unspecified atom stereocenters. The second kappa shape index (κ2) is 8.50. The normalized spacial score (nSPS) is 18.8. The number of benzene rings is 1. The van der Waals surface area contributed by atoms with Crippen LogP contribution >= 0.6 is 11.6 Å². The molecule has 1 aliphatic carbocycles. The Balaban J connectivity index is 1.60. The lowest BCUT2D eigenvalue weighted by atomic mass is 9.94. The van der Waals surface area contributed by atoms with E-state index in [2.05, 4.69) is 4.90 Å². The minimum absolute atomic E-state index is 0.0892. The number of hydrogen-bond acceptors (Lipinski definition) is 5. The molecule has 0 radical (unpaired) electrons. The lowest BCUT2D eigenvalue weighted by Crippen LogP contribution is -2.41. The quantitative estimate of drug-likeness (QED) is 0.552. The Morgan fingerprint density at radius 3 is 2.81 bits per heavy atom. The van der Waals surface area contributed by atoms with Crippen molar-refractivity contribution >= 4 is 29.0 Å². The van der Waals surface area contributed by atoms with Crippen molar-refractivity contribution in [2.75, 3.05) is 24.6 Å². The summed E-state index contributed by atoms with van der Waals surface area (Å²) in [6, 6.07) is 9.79. The third kappa shape index (κ3) is 3.89. The van der Waals surface area contributed by atoms with Gasteiger partial charge in [-0.1, -0.05) is 23.7 Å². The number of carbonyl (C=O) groups is 1. The number of fused-ring (bicyclic) bond motifs is 2. The standard InChI is InChI=1S/C24H27ClN4O2/c1-2-31-24(30)17-6-5-13-28(15-17)23-19-7-3-4-8-20(19)26-22-14-21(27-29(22)23)16-9-11-18(25)12-10-16/h9-12,14,17H,2-8,13,15H2,1H3/t17-/m0/s1. The van der Waals surface area contributed by atoms with Crippen LogP contribution in [-0.4, -0.2) is 40.3 Å². The molecular formula is C24H27ClN4O2. The van der Waals surface area contributed by atoms with Crippen LogP contribution in [0.2, 0.25) is 5.02 Å². The number of nitrogens with zero attached hydrogens (tertiary/aromatic N) is 4. The molecule has 0 N–H and O–H groups in total. The summed E-state index contributed by atoms with van der Waals surface area (Å²) in [6.07, 6.45) is 6.17. The molecular weight excluding hydrogens is 412 g/mol. The molecule has 162 valence electrons. The number of piperidine rings is 1. The molecule has 1 atom stereocenters. The molecule has 1 fully saturated rings. The smallest absolute Gasteiger partial charge is 0.310 e. The molecule has 2 aliphatic rings. The van der Waals surface area contributed by atoms with Crippen LogP contribution in [-0.2, 0) is 22.4 Å². The monoisotopic (exact) mass is 438 g/mol. The number of esters is 1. The van der Waals surface area contributed by atoms with Crippen LogP contribution in [0.4, 0.5) is 5.82 Å². The first kappa shape index (κ1) is 20.3. The van der Waals surface area contributed by atoms with Crippen LogP contribution in [0.3, 0.4) is 0 Å². The number of halogens is 1. The van der Waals surface area contributed by atoms with Gasteiger partial charge in [-0.2, -0.15) is 9.61 Å². The van der Waals surface area contributed by atoms with Crippen molar-refractivity contribution in [2.24, 2.45) is 5.92 Å². The first-order chi connectivity index (χ1) is 15.1. The highest BCUT2D eigenvalue weighted by Crippen LogP contribution is 2.34. The number of rotatable bonds is 4. The fraction of sp³-hybridized carbons (Fsp3) is 0.458. The van der Waals surface area contributed by atoms with Crippen LogP contribution in [0.5, 0.6) is 0 Å². The summed E-state index contributed by atoms with van der Waals surface area (Å²) in [6.45, 7) is 3.87. The average molecular weight is 439 g/mol. The summed E-state index contributed by atoms with van der Waals surface area (Å²) in [5, 5.41) is 5.66. The fourth-order valence-electron chi connectivity index (χ4n) is 4.84. The van der Waals surface area contributed by atoms with Crippen LogP contribution < -0.4 is 4.90 Å². The Labute approximate surface area is 187 Å². The Morgan fingerprint density at radius 1 is 1.19 bits per heavy atom. The number of hydrogen-bond donors (Lipinski definition) is 0. The van der Waals surface area contributed by atoms with Gasteiger partial charge in [0, 0.05) is 41.0 Å². The Hall–Kier alpha value is -2.60. The largest absolute Gasteiger partial charge is 0.466 e. The van der Waals surface area contributed by atoms with Crippen molar-refractivity contribution in [1.82, 2.24) is 14.6 Å². The number of carbonyl (C=O) groups excluding carboxylic acids is 1. The van der Waals surface area contributed by atoms with Crippen LogP contribution in [0.25, 0.3) is 16.9 Å². The first-order valence-corrected chi connectivity index (χ1v) is 11.6. The second-order valence-electron chi connectivity index (χ2n) is 8.41. The third-order valence-corrected chi connectivity index (χ3v) is 6.58. The lowest BCUT2D eigenvalue weighted by molar-refractivity contribution is -0.148. The van der Waals surface area contributed by atoms with Crippen molar-refractivity contribution in [3.8, 4) is 11.3 Å². The van der Waals surface area contributed by atoms with Gasteiger partial charge >= 0.3 is 5.97 Å². The summed E-state index contributed by atoms with van der Waals surface area (Å²) in [7, 11) is 0. The minimum atomic E-state index is -0.0950. The summed E-state index contributed by atoms with van der Waals surface area (Å²) in [5.41, 5.74) is 5.22. The maximum atomic E-state index is 12.4. The summed E-state index contributed by atoms with van der Waals surface area (Å²) >= 11 is 6.07. The van der Waals surface area contributed by atoms with E-state index in [-0.39, 0.29) is 11.9 Å². The predicted molar refractivity (Wildman–Crippen MR) is 122 cm³/mol. The highest BCUT2D eigenvalue weighted by molar-refractivity contribution is 6.30. The van der Waals surface area contributed by atoms with E-state index in [0.717, 1.165) is 61.4 Å². The van der Waals surface area contributed by atoms with E-state index in [1.165, 1.54) is 17.7 Å². The number of anilines is 1. The van der Waals surface area contributed by atoms with Gasteiger partial charge in [0.2, 0.25) is 0 Å². The highest BCUT2D eigenvalue weighted by atomic mass is 35.5. The third-order valence-electron chi connectivity index (χ3n) is 6.33. The van der Waals surface area contributed by atoms with E-state index in [4.69, 9.17) is 26.4 Å².